The van der Waals surface area contributed by atoms with Crippen LogP contribution in [0.15, 0.2) is 32.5 Å². The molecule has 19 heavy (non-hydrogen) atoms. The number of nitrogens with two attached hydrogens (primary N) is 1. The van der Waals surface area contributed by atoms with Crippen molar-refractivity contribution in [1.29, 1.82) is 0 Å². The highest BCUT2D eigenvalue weighted by molar-refractivity contribution is 9.13. The summed E-state index contributed by atoms with van der Waals surface area (Å²) in [7, 11) is 0. The molecule has 0 saturated carbocycles. The van der Waals surface area contributed by atoms with Crippen LogP contribution in [0.2, 0.25) is 0 Å². The molecule has 0 aliphatic rings. The highest BCUT2D eigenvalue weighted by atomic mass is 79.9. The number of ether oxygens (including phenoxy) is 1. The largest absolute Gasteiger partial charge is 0.493 e. The molecule has 0 bridgehead atoms. The number of hydrogen-bond acceptors (Lipinski definition) is 4. The lowest BCUT2D eigenvalue weighted by atomic mass is 10.1. The van der Waals surface area contributed by atoms with Crippen LogP contribution in [-0.4, -0.2) is 12.4 Å². The lowest BCUT2D eigenvalue weighted by molar-refractivity contribution is 0.103. The Morgan fingerprint density at radius 3 is 2.74 bits per heavy atom. The second-order valence-electron chi connectivity index (χ2n) is 3.71. The molecule has 100 valence electrons. The van der Waals surface area contributed by atoms with E-state index in [0.29, 0.717) is 28.5 Å². The van der Waals surface area contributed by atoms with E-state index in [2.05, 4.69) is 31.9 Å². The van der Waals surface area contributed by atoms with Crippen LogP contribution >= 0.6 is 43.2 Å². The summed E-state index contributed by atoms with van der Waals surface area (Å²) in [6, 6.07) is 7.01. The lowest BCUT2D eigenvalue weighted by Gasteiger charge is -2.10. The van der Waals surface area contributed by atoms with E-state index in [-0.39, 0.29) is 5.78 Å². The number of carbonyl (C=O) groups excluding carboxylic acids is 1. The third-order valence-corrected chi connectivity index (χ3v) is 5.71. The van der Waals surface area contributed by atoms with Crippen molar-refractivity contribution in [3.05, 3.63) is 43.0 Å². The summed E-state index contributed by atoms with van der Waals surface area (Å²) < 4.78 is 7.21. The van der Waals surface area contributed by atoms with Crippen molar-refractivity contribution in [1.82, 2.24) is 0 Å². The van der Waals surface area contributed by atoms with Crippen LogP contribution in [0.5, 0.6) is 5.75 Å². The van der Waals surface area contributed by atoms with Crippen LogP contribution in [-0.2, 0) is 0 Å². The van der Waals surface area contributed by atoms with Gasteiger partial charge in [0.1, 0.15) is 5.75 Å². The molecule has 0 aliphatic carbocycles. The van der Waals surface area contributed by atoms with Crippen molar-refractivity contribution in [2.24, 2.45) is 0 Å². The first-order valence-electron chi connectivity index (χ1n) is 5.55. The van der Waals surface area contributed by atoms with Gasteiger partial charge in [-0.15, -0.1) is 11.3 Å². The molecule has 2 rings (SSSR count). The Hall–Kier alpha value is -0.850. The molecule has 2 N–H and O–H groups in total. The minimum Gasteiger partial charge on any atom is -0.493 e. The van der Waals surface area contributed by atoms with Gasteiger partial charge in [0.15, 0.2) is 0 Å². The standard InChI is InChI=1S/C13H11Br2NO2S/c1-2-18-9-5-3-4-8(16)11(9)12(17)10-6-7(14)13(15)19-10/h3-6H,2,16H2,1H3. The number of halogens is 2. The van der Waals surface area contributed by atoms with Crippen LogP contribution in [0.1, 0.15) is 22.2 Å². The van der Waals surface area contributed by atoms with Crippen LogP contribution in [0, 0.1) is 0 Å². The zero-order chi connectivity index (χ0) is 14.0. The molecule has 0 fully saturated rings. The van der Waals surface area contributed by atoms with Gasteiger partial charge in [-0.2, -0.15) is 0 Å². The van der Waals surface area contributed by atoms with E-state index in [9.17, 15) is 4.79 Å². The van der Waals surface area contributed by atoms with E-state index in [1.165, 1.54) is 11.3 Å². The molecule has 0 radical (unpaired) electrons. The van der Waals surface area contributed by atoms with Gasteiger partial charge in [0, 0.05) is 10.2 Å². The molecule has 3 nitrogen and oxygen atoms in total. The normalized spacial score (nSPS) is 10.5. The molecular formula is C13H11Br2NO2S. The van der Waals surface area contributed by atoms with Gasteiger partial charge in [-0.25, -0.2) is 0 Å². The van der Waals surface area contributed by atoms with E-state index < -0.39 is 0 Å². The fourth-order valence-corrected chi connectivity index (χ4v) is 3.63. The molecule has 1 aromatic heterocycles. The Bertz CT molecular complexity index is 606. The maximum atomic E-state index is 12.5. The first-order chi connectivity index (χ1) is 9.04. The lowest BCUT2D eigenvalue weighted by Crippen LogP contribution is -2.07. The van der Waals surface area contributed by atoms with Crippen LogP contribution in [0.4, 0.5) is 5.69 Å². The second-order valence-corrected chi connectivity index (χ2v) is 6.94. The Kier molecular flexibility index (Phi) is 4.65. The van der Waals surface area contributed by atoms with Crippen LogP contribution < -0.4 is 10.5 Å². The van der Waals surface area contributed by atoms with Crippen molar-refractivity contribution in [3.63, 3.8) is 0 Å². The maximum Gasteiger partial charge on any atom is 0.208 e. The van der Waals surface area contributed by atoms with E-state index >= 15 is 0 Å². The minimum atomic E-state index is -0.127. The number of thiophene rings is 1. The summed E-state index contributed by atoms with van der Waals surface area (Å²) in [4.78, 5) is 13.1. The molecule has 1 aromatic carbocycles. The Morgan fingerprint density at radius 1 is 1.42 bits per heavy atom. The van der Waals surface area contributed by atoms with Gasteiger partial charge in [0.2, 0.25) is 5.78 Å². The average molecular weight is 405 g/mol. The molecule has 1 heterocycles. The van der Waals surface area contributed by atoms with Crippen molar-refractivity contribution in [2.75, 3.05) is 12.3 Å². The molecule has 0 amide bonds. The molecule has 0 saturated heterocycles. The van der Waals surface area contributed by atoms with E-state index in [0.717, 1.165) is 8.26 Å². The summed E-state index contributed by atoms with van der Waals surface area (Å²) in [5.74, 6) is 0.395. The van der Waals surface area contributed by atoms with Gasteiger partial charge in [0.25, 0.3) is 0 Å². The van der Waals surface area contributed by atoms with Gasteiger partial charge in [0.05, 0.1) is 20.8 Å². The quantitative estimate of drug-likeness (QED) is 0.603. The fraction of sp³-hybridized carbons (Fsp3) is 0.154. The van der Waals surface area contributed by atoms with E-state index in [4.69, 9.17) is 10.5 Å². The number of hydrogen-bond donors (Lipinski definition) is 1. The van der Waals surface area contributed by atoms with Crippen molar-refractivity contribution in [2.45, 2.75) is 6.92 Å². The smallest absolute Gasteiger partial charge is 0.208 e. The first-order valence-corrected chi connectivity index (χ1v) is 7.95. The minimum absolute atomic E-state index is 0.127. The predicted octanol–water partition coefficient (Wildman–Crippen LogP) is 4.49. The summed E-state index contributed by atoms with van der Waals surface area (Å²) in [5.41, 5.74) is 6.76. The highest BCUT2D eigenvalue weighted by Crippen LogP contribution is 2.36. The third-order valence-electron chi connectivity index (χ3n) is 2.45. The number of benzene rings is 1. The average Bonchev–Trinajstić information content (AvgIpc) is 2.70. The molecule has 6 heteroatoms. The zero-order valence-electron chi connectivity index (χ0n) is 10.1. The number of carbonyl (C=O) groups is 1. The van der Waals surface area contributed by atoms with Gasteiger partial charge in [-0.05, 0) is 57.0 Å². The van der Waals surface area contributed by atoms with Gasteiger partial charge >= 0.3 is 0 Å². The molecular weight excluding hydrogens is 394 g/mol. The van der Waals surface area contributed by atoms with Gasteiger partial charge in [-0.1, -0.05) is 6.07 Å². The SMILES string of the molecule is CCOc1cccc(N)c1C(=O)c1cc(Br)c(Br)s1. The summed E-state index contributed by atoms with van der Waals surface area (Å²) >= 11 is 8.12. The summed E-state index contributed by atoms with van der Waals surface area (Å²) in [6.07, 6.45) is 0. The van der Waals surface area contributed by atoms with E-state index in [1.54, 1.807) is 24.3 Å². The van der Waals surface area contributed by atoms with Crippen LogP contribution in [0.25, 0.3) is 0 Å². The summed E-state index contributed by atoms with van der Waals surface area (Å²) in [5, 5.41) is 0. The van der Waals surface area contributed by atoms with Gasteiger partial charge < -0.3 is 10.5 Å². The summed E-state index contributed by atoms with van der Waals surface area (Å²) in [6.45, 7) is 2.36. The molecule has 2 aromatic rings. The van der Waals surface area contributed by atoms with Crippen molar-refractivity contribution >= 4 is 54.7 Å². The molecule has 0 atom stereocenters. The Morgan fingerprint density at radius 2 is 2.16 bits per heavy atom. The fourth-order valence-electron chi connectivity index (χ4n) is 1.65. The van der Waals surface area contributed by atoms with Gasteiger partial charge in [-0.3, -0.25) is 4.79 Å². The Balaban J connectivity index is 2.48. The number of ketones is 1. The van der Waals surface area contributed by atoms with Crippen molar-refractivity contribution < 1.29 is 9.53 Å². The number of nitrogen functional groups attached to an aromatic ring is 1. The van der Waals surface area contributed by atoms with Crippen molar-refractivity contribution in [3.8, 4) is 5.75 Å². The third kappa shape index (κ3) is 3.01. The monoisotopic (exact) mass is 403 g/mol. The maximum absolute atomic E-state index is 12.5. The van der Waals surface area contributed by atoms with E-state index in [1.807, 2.05) is 6.92 Å². The molecule has 0 spiro atoms. The first kappa shape index (κ1) is 14.6. The molecule has 0 unspecified atom stereocenters. The topological polar surface area (TPSA) is 52.3 Å². The zero-order valence-corrected chi connectivity index (χ0v) is 14.1. The molecule has 0 aliphatic heterocycles. The second kappa shape index (κ2) is 6.07. The number of rotatable bonds is 4. The van der Waals surface area contributed by atoms with Crippen LogP contribution in [0.3, 0.4) is 0 Å². The number of anilines is 1. The highest BCUT2D eigenvalue weighted by Gasteiger charge is 2.20. The predicted molar refractivity (Wildman–Crippen MR) is 85.2 cm³/mol. The Labute approximate surface area is 132 Å².